The highest BCUT2D eigenvalue weighted by atomic mass is 16.6. The smallest absolute Gasteiger partial charge is 0.338 e. The summed E-state index contributed by atoms with van der Waals surface area (Å²) in [5.41, 5.74) is 1.92. The Morgan fingerprint density at radius 2 is 1.38 bits per heavy atom. The van der Waals surface area contributed by atoms with Crippen molar-refractivity contribution in [2.75, 3.05) is 7.11 Å². The van der Waals surface area contributed by atoms with Crippen LogP contribution in [0.3, 0.4) is 0 Å². The molecule has 0 aliphatic heterocycles. The Bertz CT molecular complexity index is 1040. The van der Waals surface area contributed by atoms with E-state index >= 15 is 0 Å². The number of aryl methyl sites for hydroxylation is 1. The lowest BCUT2D eigenvalue weighted by Gasteiger charge is -2.36. The van der Waals surface area contributed by atoms with Crippen molar-refractivity contribution in [1.82, 2.24) is 0 Å². The molecule has 0 heterocycles. The Labute approximate surface area is 186 Å². The zero-order valence-electron chi connectivity index (χ0n) is 18.2. The van der Waals surface area contributed by atoms with Gasteiger partial charge in [-0.2, -0.15) is 0 Å². The van der Waals surface area contributed by atoms with Crippen molar-refractivity contribution < 1.29 is 28.6 Å². The molecule has 2 bridgehead atoms. The number of rotatable bonds is 5. The molecule has 0 aromatic heterocycles. The molecule has 0 amide bonds. The molecule has 166 valence electrons. The molecule has 3 aliphatic rings. The van der Waals surface area contributed by atoms with E-state index in [4.69, 9.17) is 14.2 Å². The Morgan fingerprint density at radius 3 is 1.97 bits per heavy atom. The van der Waals surface area contributed by atoms with E-state index in [1.165, 1.54) is 0 Å². The van der Waals surface area contributed by atoms with Gasteiger partial charge in [0.2, 0.25) is 0 Å². The predicted molar refractivity (Wildman–Crippen MR) is 115 cm³/mol. The van der Waals surface area contributed by atoms with Gasteiger partial charge in [0.05, 0.1) is 18.2 Å². The van der Waals surface area contributed by atoms with Crippen LogP contribution in [0.25, 0.3) is 0 Å². The Kier molecular flexibility index (Phi) is 5.24. The van der Waals surface area contributed by atoms with Crippen LogP contribution in [0.5, 0.6) is 5.75 Å². The summed E-state index contributed by atoms with van der Waals surface area (Å²) in [5, 5.41) is 0. The molecule has 6 nitrogen and oxygen atoms in total. The first kappa shape index (κ1) is 20.7. The van der Waals surface area contributed by atoms with Gasteiger partial charge in [-0.05, 0) is 62.1 Å². The topological polar surface area (TPSA) is 78.9 Å². The van der Waals surface area contributed by atoms with Gasteiger partial charge in [0.1, 0.15) is 23.7 Å². The molecule has 5 rings (SSSR count). The van der Waals surface area contributed by atoms with Crippen LogP contribution < -0.4 is 4.74 Å². The minimum Gasteiger partial charge on any atom is -0.497 e. The van der Waals surface area contributed by atoms with E-state index in [0.717, 1.165) is 18.4 Å². The van der Waals surface area contributed by atoms with E-state index in [0.29, 0.717) is 23.3 Å². The third kappa shape index (κ3) is 3.48. The molecule has 0 spiro atoms. The number of fused-ring (bicyclic) bond motifs is 5. The molecule has 32 heavy (non-hydrogen) atoms. The van der Waals surface area contributed by atoms with Crippen molar-refractivity contribution >= 4 is 17.7 Å². The zero-order valence-corrected chi connectivity index (χ0v) is 18.2. The zero-order chi connectivity index (χ0) is 22.4. The number of esters is 2. The lowest BCUT2D eigenvalue weighted by Crippen LogP contribution is -2.46. The number of ketones is 1. The van der Waals surface area contributed by atoms with Gasteiger partial charge in [-0.3, -0.25) is 4.79 Å². The maximum absolute atomic E-state index is 12.9. The number of benzene rings is 2. The maximum Gasteiger partial charge on any atom is 0.338 e. The Morgan fingerprint density at radius 1 is 0.812 bits per heavy atom. The summed E-state index contributed by atoms with van der Waals surface area (Å²) in [7, 11) is 1.56. The second-order valence-corrected chi connectivity index (χ2v) is 9.09. The number of ether oxygens (including phenoxy) is 3. The van der Waals surface area contributed by atoms with Crippen molar-refractivity contribution in [3.8, 4) is 5.75 Å². The second-order valence-electron chi connectivity index (χ2n) is 9.09. The number of hydrogen-bond acceptors (Lipinski definition) is 6. The van der Waals surface area contributed by atoms with Crippen LogP contribution in [0.15, 0.2) is 48.5 Å². The molecular formula is C26H26O6. The molecule has 0 radical (unpaired) electrons. The lowest BCUT2D eigenvalue weighted by atomic mass is 9.78. The fourth-order valence-electron chi connectivity index (χ4n) is 5.88. The molecule has 6 heteroatoms. The SMILES string of the molecule is COc1ccc(C(=O)OC2C3CC(C4CCC(=O)C43)C2OC(=O)c2ccc(C)cc2)cc1. The Balaban J connectivity index is 1.38. The summed E-state index contributed by atoms with van der Waals surface area (Å²) in [6, 6.07) is 13.9. The number of Topliss-reactive ketones (excluding diaryl/α,β-unsaturated/α-hetero) is 1. The fourth-order valence-corrected chi connectivity index (χ4v) is 5.88. The van der Waals surface area contributed by atoms with Gasteiger partial charge < -0.3 is 14.2 Å². The number of carbonyl (C=O) groups excluding carboxylic acids is 3. The fraction of sp³-hybridized carbons (Fsp3) is 0.423. The summed E-state index contributed by atoms with van der Waals surface area (Å²) in [4.78, 5) is 38.3. The first-order valence-electron chi connectivity index (χ1n) is 11.1. The van der Waals surface area contributed by atoms with Gasteiger partial charge in [0.15, 0.2) is 0 Å². The largest absolute Gasteiger partial charge is 0.497 e. The van der Waals surface area contributed by atoms with E-state index < -0.39 is 24.1 Å². The van der Waals surface area contributed by atoms with E-state index in [-0.39, 0.29) is 29.5 Å². The standard InChI is InChI=1S/C26H26O6/c1-14-3-5-15(6-4-14)25(28)31-23-19-13-20(22-18(19)11-12-21(22)27)24(23)32-26(29)16-7-9-17(30-2)10-8-16/h3-10,18-20,22-24H,11-13H2,1-2H3. The van der Waals surface area contributed by atoms with Crippen LogP contribution >= 0.6 is 0 Å². The summed E-state index contributed by atoms with van der Waals surface area (Å²) in [6.45, 7) is 1.96. The lowest BCUT2D eigenvalue weighted by molar-refractivity contribution is -0.127. The molecule has 0 N–H and O–H groups in total. The molecule has 6 unspecified atom stereocenters. The van der Waals surface area contributed by atoms with Crippen LogP contribution in [0.2, 0.25) is 0 Å². The van der Waals surface area contributed by atoms with E-state index in [9.17, 15) is 14.4 Å². The highest BCUT2D eigenvalue weighted by molar-refractivity contribution is 5.91. The summed E-state index contributed by atoms with van der Waals surface area (Å²) >= 11 is 0. The highest BCUT2D eigenvalue weighted by Gasteiger charge is 2.64. The van der Waals surface area contributed by atoms with Crippen LogP contribution in [0.1, 0.15) is 45.5 Å². The maximum atomic E-state index is 12.9. The van der Waals surface area contributed by atoms with Gasteiger partial charge in [-0.1, -0.05) is 17.7 Å². The summed E-state index contributed by atoms with van der Waals surface area (Å²) in [6.07, 6.45) is 0.964. The number of carbonyl (C=O) groups is 3. The minimum absolute atomic E-state index is 0.0412. The average molecular weight is 434 g/mol. The van der Waals surface area contributed by atoms with Gasteiger partial charge in [0, 0.05) is 24.2 Å². The highest BCUT2D eigenvalue weighted by Crippen LogP contribution is 2.59. The first-order chi connectivity index (χ1) is 15.5. The number of hydrogen-bond donors (Lipinski definition) is 0. The summed E-state index contributed by atoms with van der Waals surface area (Å²) in [5.74, 6) is 0.0411. The summed E-state index contributed by atoms with van der Waals surface area (Å²) < 4.78 is 17.0. The van der Waals surface area contributed by atoms with Gasteiger partial charge in [-0.25, -0.2) is 9.59 Å². The molecule has 3 fully saturated rings. The van der Waals surface area contributed by atoms with Crippen LogP contribution in [0.4, 0.5) is 0 Å². The van der Waals surface area contributed by atoms with Crippen LogP contribution in [-0.2, 0) is 14.3 Å². The molecule has 0 saturated heterocycles. The van der Waals surface area contributed by atoms with Gasteiger partial charge in [0.25, 0.3) is 0 Å². The van der Waals surface area contributed by atoms with Gasteiger partial charge in [-0.15, -0.1) is 0 Å². The monoisotopic (exact) mass is 434 g/mol. The van der Waals surface area contributed by atoms with Crippen molar-refractivity contribution in [2.45, 2.75) is 38.4 Å². The molecule has 2 aromatic carbocycles. The van der Waals surface area contributed by atoms with E-state index in [1.54, 1.807) is 43.5 Å². The van der Waals surface area contributed by atoms with E-state index in [2.05, 4.69) is 0 Å². The third-order valence-corrected chi connectivity index (χ3v) is 7.38. The molecule has 2 aromatic rings. The molecule has 6 atom stereocenters. The normalized spacial score (nSPS) is 30.1. The quantitative estimate of drug-likeness (QED) is 0.662. The average Bonchev–Trinajstić information content (AvgIpc) is 3.47. The van der Waals surface area contributed by atoms with Crippen LogP contribution in [-0.4, -0.2) is 37.0 Å². The third-order valence-electron chi connectivity index (χ3n) is 7.38. The second kappa shape index (κ2) is 8.08. The van der Waals surface area contributed by atoms with Crippen molar-refractivity contribution in [3.63, 3.8) is 0 Å². The first-order valence-corrected chi connectivity index (χ1v) is 11.1. The minimum atomic E-state index is -0.618. The van der Waals surface area contributed by atoms with Crippen molar-refractivity contribution in [2.24, 2.45) is 23.7 Å². The van der Waals surface area contributed by atoms with Crippen molar-refractivity contribution in [3.05, 3.63) is 65.2 Å². The van der Waals surface area contributed by atoms with Crippen molar-refractivity contribution in [1.29, 1.82) is 0 Å². The van der Waals surface area contributed by atoms with E-state index in [1.807, 2.05) is 19.1 Å². The molecular weight excluding hydrogens is 408 g/mol. The van der Waals surface area contributed by atoms with Gasteiger partial charge >= 0.3 is 11.9 Å². The van der Waals surface area contributed by atoms with Crippen LogP contribution in [0, 0.1) is 30.6 Å². The number of methoxy groups -OCH3 is 1. The molecule has 3 aliphatic carbocycles. The Hall–Kier alpha value is -3.15. The predicted octanol–water partition coefficient (Wildman–Crippen LogP) is 4.00. The molecule has 3 saturated carbocycles.